The molecule has 4 heteroatoms. The number of amides is 1. The topological polar surface area (TPSA) is 55.4 Å². The Hall–Kier alpha value is -3.40. The van der Waals surface area contributed by atoms with Crippen LogP contribution < -0.4 is 5.32 Å². The van der Waals surface area contributed by atoms with Crippen molar-refractivity contribution in [3.05, 3.63) is 108 Å². The molecule has 1 aliphatic rings. The second-order valence-electron chi connectivity index (χ2n) is 6.58. The highest BCUT2D eigenvalue weighted by Gasteiger charge is 2.49. The summed E-state index contributed by atoms with van der Waals surface area (Å²) >= 11 is 0. The third-order valence-corrected chi connectivity index (χ3v) is 4.87. The van der Waals surface area contributed by atoms with Crippen molar-refractivity contribution in [2.75, 3.05) is 0 Å². The Morgan fingerprint density at radius 1 is 0.815 bits per heavy atom. The molecular weight excluding hydrogens is 338 g/mol. The maximum absolute atomic E-state index is 12.7. The van der Waals surface area contributed by atoms with Gasteiger partial charge in [0.1, 0.15) is 6.04 Å². The maximum Gasteiger partial charge on any atom is 0.330 e. The Balaban J connectivity index is 1.67. The first-order valence-corrected chi connectivity index (χ1v) is 8.89. The van der Waals surface area contributed by atoms with Crippen LogP contribution in [-0.2, 0) is 15.1 Å². The molecule has 0 aliphatic carbocycles. The van der Waals surface area contributed by atoms with Crippen molar-refractivity contribution in [3.8, 4) is 0 Å². The molecule has 3 aromatic carbocycles. The minimum atomic E-state index is -0.908. The molecule has 4 nitrogen and oxygen atoms in total. The quantitative estimate of drug-likeness (QED) is 0.725. The van der Waals surface area contributed by atoms with Crippen molar-refractivity contribution in [2.45, 2.75) is 18.1 Å². The number of nitrogens with one attached hydrogen (secondary N) is 1. The summed E-state index contributed by atoms with van der Waals surface area (Å²) in [5, 5.41) is 2.83. The number of rotatable bonds is 4. The lowest BCUT2D eigenvalue weighted by Gasteiger charge is -2.28. The molecule has 0 saturated carbocycles. The predicted octanol–water partition coefficient (Wildman–Crippen LogP) is 3.68. The first-order chi connectivity index (χ1) is 13.2. The van der Waals surface area contributed by atoms with Crippen molar-refractivity contribution < 1.29 is 14.3 Å². The van der Waals surface area contributed by atoms with Crippen LogP contribution in [0.15, 0.2) is 91.0 Å². The monoisotopic (exact) mass is 357 g/mol. The zero-order valence-electron chi connectivity index (χ0n) is 14.7. The van der Waals surface area contributed by atoms with Crippen molar-refractivity contribution in [1.82, 2.24) is 5.32 Å². The first kappa shape index (κ1) is 17.0. The van der Waals surface area contributed by atoms with E-state index in [0.717, 1.165) is 11.1 Å². The molecule has 3 aromatic rings. The van der Waals surface area contributed by atoms with Crippen molar-refractivity contribution in [2.24, 2.45) is 0 Å². The fourth-order valence-corrected chi connectivity index (χ4v) is 3.53. The summed E-state index contributed by atoms with van der Waals surface area (Å²) in [6.45, 7) is 0. The average molecular weight is 357 g/mol. The van der Waals surface area contributed by atoms with Gasteiger partial charge in [0.25, 0.3) is 5.91 Å². The number of ether oxygens (including phenoxy) is 1. The van der Waals surface area contributed by atoms with Gasteiger partial charge in [-0.2, -0.15) is 0 Å². The lowest BCUT2D eigenvalue weighted by Crippen LogP contribution is -2.38. The number of benzene rings is 3. The minimum Gasteiger partial charge on any atom is -0.448 e. The molecule has 0 radical (unpaired) electrons. The van der Waals surface area contributed by atoms with Crippen LogP contribution in [0.25, 0.3) is 0 Å². The summed E-state index contributed by atoms with van der Waals surface area (Å²) in [4.78, 5) is 25.2. The standard InChI is InChI=1S/C23H19NO3/c25-21(17-10-4-1-5-11-17)24-20-16-23(27-22(20)26,18-12-6-2-7-13-18)19-14-8-3-9-15-19/h1-15,20H,16H2,(H,24,25)/t20-/m1/s1. The predicted molar refractivity (Wildman–Crippen MR) is 102 cm³/mol. The van der Waals surface area contributed by atoms with Gasteiger partial charge in [-0.15, -0.1) is 0 Å². The lowest BCUT2D eigenvalue weighted by atomic mass is 9.83. The van der Waals surface area contributed by atoms with Crippen molar-refractivity contribution >= 4 is 11.9 Å². The van der Waals surface area contributed by atoms with E-state index in [1.807, 2.05) is 66.7 Å². The number of carbonyl (C=O) groups is 2. The third kappa shape index (κ3) is 3.22. The van der Waals surface area contributed by atoms with Gasteiger partial charge in [-0.25, -0.2) is 4.79 Å². The van der Waals surface area contributed by atoms with Crippen LogP contribution in [0.2, 0.25) is 0 Å². The van der Waals surface area contributed by atoms with E-state index in [2.05, 4.69) is 5.32 Å². The van der Waals surface area contributed by atoms with E-state index < -0.39 is 17.6 Å². The number of hydrogen-bond acceptors (Lipinski definition) is 3. The Bertz CT molecular complexity index is 900. The zero-order valence-corrected chi connectivity index (χ0v) is 14.7. The van der Waals surface area contributed by atoms with E-state index in [-0.39, 0.29) is 5.91 Å². The first-order valence-electron chi connectivity index (χ1n) is 8.89. The molecular formula is C23H19NO3. The molecule has 134 valence electrons. The van der Waals surface area contributed by atoms with E-state index >= 15 is 0 Å². The molecule has 1 fully saturated rings. The van der Waals surface area contributed by atoms with Gasteiger partial charge >= 0.3 is 5.97 Å². The van der Waals surface area contributed by atoms with Gasteiger partial charge in [0.05, 0.1) is 0 Å². The van der Waals surface area contributed by atoms with Crippen LogP contribution in [-0.4, -0.2) is 17.9 Å². The summed E-state index contributed by atoms with van der Waals surface area (Å²) < 4.78 is 5.92. The van der Waals surface area contributed by atoms with Crippen molar-refractivity contribution in [3.63, 3.8) is 0 Å². The lowest BCUT2D eigenvalue weighted by molar-refractivity contribution is -0.147. The second-order valence-corrected chi connectivity index (χ2v) is 6.58. The SMILES string of the molecule is O=C(N[C@@H]1CC(c2ccccc2)(c2ccccc2)OC1=O)c1ccccc1. The van der Waals surface area contributed by atoms with E-state index in [4.69, 9.17) is 4.74 Å². The van der Waals surface area contributed by atoms with Gasteiger partial charge in [-0.05, 0) is 12.1 Å². The normalized spacial score (nSPS) is 17.9. The molecule has 1 saturated heterocycles. The number of esters is 1. The summed E-state index contributed by atoms with van der Waals surface area (Å²) in [6.07, 6.45) is 0.346. The number of hydrogen-bond donors (Lipinski definition) is 1. The van der Waals surface area contributed by atoms with Gasteiger partial charge < -0.3 is 10.1 Å². The molecule has 0 unspecified atom stereocenters. The fraction of sp³-hybridized carbons (Fsp3) is 0.130. The molecule has 1 amide bonds. The fourth-order valence-electron chi connectivity index (χ4n) is 3.53. The highest BCUT2D eigenvalue weighted by molar-refractivity contribution is 5.97. The highest BCUT2D eigenvalue weighted by Crippen LogP contribution is 2.42. The van der Waals surface area contributed by atoms with Crippen LogP contribution in [0.3, 0.4) is 0 Å². The molecule has 27 heavy (non-hydrogen) atoms. The zero-order chi connectivity index (χ0) is 18.7. The summed E-state index contributed by atoms with van der Waals surface area (Å²) in [5.41, 5.74) is 1.39. The molecule has 0 aromatic heterocycles. The van der Waals surface area contributed by atoms with Crippen LogP contribution in [0.5, 0.6) is 0 Å². The van der Waals surface area contributed by atoms with E-state index in [0.29, 0.717) is 12.0 Å². The van der Waals surface area contributed by atoms with Crippen molar-refractivity contribution in [1.29, 1.82) is 0 Å². The molecule has 1 atom stereocenters. The molecule has 0 bridgehead atoms. The molecule has 1 heterocycles. The number of carbonyl (C=O) groups excluding carboxylic acids is 2. The molecule has 4 rings (SSSR count). The van der Waals surface area contributed by atoms with Gasteiger partial charge in [0, 0.05) is 23.1 Å². The van der Waals surface area contributed by atoms with E-state index in [9.17, 15) is 9.59 Å². The Morgan fingerprint density at radius 2 is 1.30 bits per heavy atom. The van der Waals surface area contributed by atoms with E-state index in [1.54, 1.807) is 24.3 Å². The maximum atomic E-state index is 12.7. The van der Waals surface area contributed by atoms with Crippen LogP contribution in [0, 0.1) is 0 Å². The van der Waals surface area contributed by atoms with Gasteiger partial charge in [0.2, 0.25) is 0 Å². The molecule has 0 spiro atoms. The Kier molecular flexibility index (Phi) is 4.47. The highest BCUT2D eigenvalue weighted by atomic mass is 16.6. The number of cyclic esters (lactones) is 1. The Labute approximate surface area is 157 Å². The summed E-state index contributed by atoms with van der Waals surface area (Å²) in [7, 11) is 0. The molecule has 1 aliphatic heterocycles. The largest absolute Gasteiger partial charge is 0.448 e. The van der Waals surface area contributed by atoms with Gasteiger partial charge in [0.15, 0.2) is 5.60 Å². The van der Waals surface area contributed by atoms with Crippen LogP contribution in [0.4, 0.5) is 0 Å². The van der Waals surface area contributed by atoms with Crippen LogP contribution in [0.1, 0.15) is 27.9 Å². The summed E-state index contributed by atoms with van der Waals surface area (Å²) in [5.74, 6) is -0.707. The second kappa shape index (κ2) is 7.08. The molecule has 1 N–H and O–H groups in total. The Morgan fingerprint density at radius 3 is 1.81 bits per heavy atom. The third-order valence-electron chi connectivity index (χ3n) is 4.87. The smallest absolute Gasteiger partial charge is 0.330 e. The minimum absolute atomic E-state index is 0.283. The average Bonchev–Trinajstić information content (AvgIpc) is 3.07. The van der Waals surface area contributed by atoms with Gasteiger partial charge in [-0.3, -0.25) is 4.79 Å². The van der Waals surface area contributed by atoms with E-state index in [1.165, 1.54) is 0 Å². The summed E-state index contributed by atoms with van der Waals surface area (Å²) in [6, 6.07) is 27.5. The van der Waals surface area contributed by atoms with Gasteiger partial charge in [-0.1, -0.05) is 78.9 Å². The van der Waals surface area contributed by atoms with Crippen LogP contribution >= 0.6 is 0 Å².